The normalized spacial score (nSPS) is 10.9. The van der Waals surface area contributed by atoms with E-state index in [2.05, 4.69) is 35.7 Å². The SMILES string of the molecule is CCn1nc(C)cc1NC(=O)Cn1cnc2c(Nc3ccc(Oc4cccnc4)cc3)nc(N)nc21. The molecule has 0 saturated carbocycles. The first-order chi connectivity index (χ1) is 17.5. The average molecular weight is 485 g/mol. The molecule has 1 aromatic carbocycles. The van der Waals surface area contributed by atoms with E-state index in [1.165, 1.54) is 6.33 Å². The number of anilines is 4. The van der Waals surface area contributed by atoms with Gasteiger partial charge in [-0.2, -0.15) is 15.1 Å². The molecule has 36 heavy (non-hydrogen) atoms. The Labute approximate surface area is 206 Å². The van der Waals surface area contributed by atoms with Crippen molar-refractivity contribution < 1.29 is 9.53 Å². The van der Waals surface area contributed by atoms with Crippen molar-refractivity contribution in [3.8, 4) is 11.5 Å². The summed E-state index contributed by atoms with van der Waals surface area (Å²) in [6, 6.07) is 12.8. The van der Waals surface area contributed by atoms with Gasteiger partial charge in [0.2, 0.25) is 11.9 Å². The third-order valence-electron chi connectivity index (χ3n) is 5.25. The van der Waals surface area contributed by atoms with Crippen LogP contribution in [0.3, 0.4) is 0 Å². The van der Waals surface area contributed by atoms with Gasteiger partial charge in [-0.15, -0.1) is 0 Å². The van der Waals surface area contributed by atoms with Crippen molar-refractivity contribution >= 4 is 40.3 Å². The van der Waals surface area contributed by atoms with E-state index in [-0.39, 0.29) is 18.4 Å². The summed E-state index contributed by atoms with van der Waals surface area (Å²) in [6.07, 6.45) is 4.86. The highest BCUT2D eigenvalue weighted by Gasteiger charge is 2.16. The Morgan fingerprint density at radius 3 is 2.72 bits per heavy atom. The molecule has 0 aliphatic heterocycles. The first-order valence-corrected chi connectivity index (χ1v) is 11.3. The smallest absolute Gasteiger partial charge is 0.245 e. The van der Waals surface area contributed by atoms with E-state index in [4.69, 9.17) is 10.5 Å². The minimum atomic E-state index is -0.236. The Hall–Kier alpha value is -5.00. The predicted molar refractivity (Wildman–Crippen MR) is 135 cm³/mol. The van der Waals surface area contributed by atoms with Gasteiger partial charge in [-0.05, 0) is 50.2 Å². The van der Waals surface area contributed by atoms with E-state index < -0.39 is 0 Å². The summed E-state index contributed by atoms with van der Waals surface area (Å²) >= 11 is 0. The molecule has 0 atom stereocenters. The fourth-order valence-corrected chi connectivity index (χ4v) is 3.67. The van der Waals surface area contributed by atoms with Crippen molar-refractivity contribution in [2.75, 3.05) is 16.4 Å². The van der Waals surface area contributed by atoms with Crippen LogP contribution in [-0.4, -0.2) is 40.2 Å². The summed E-state index contributed by atoms with van der Waals surface area (Å²) in [4.78, 5) is 29.8. The van der Waals surface area contributed by atoms with E-state index in [9.17, 15) is 4.79 Å². The third kappa shape index (κ3) is 4.92. The summed E-state index contributed by atoms with van der Waals surface area (Å²) in [5.74, 6) is 2.19. The molecule has 5 aromatic rings. The number of nitrogen functional groups attached to an aromatic ring is 1. The predicted octanol–water partition coefficient (Wildman–Crippen LogP) is 3.50. The van der Waals surface area contributed by atoms with Crippen molar-refractivity contribution in [2.24, 2.45) is 0 Å². The lowest BCUT2D eigenvalue weighted by molar-refractivity contribution is -0.116. The molecule has 0 fully saturated rings. The van der Waals surface area contributed by atoms with Gasteiger partial charge in [0.25, 0.3) is 0 Å². The number of ether oxygens (including phenoxy) is 1. The number of nitrogens with zero attached hydrogens (tertiary/aromatic N) is 7. The fourth-order valence-electron chi connectivity index (χ4n) is 3.67. The zero-order valence-electron chi connectivity index (χ0n) is 19.7. The maximum absolute atomic E-state index is 12.7. The number of amides is 1. The Morgan fingerprint density at radius 2 is 1.97 bits per heavy atom. The highest BCUT2D eigenvalue weighted by Crippen LogP contribution is 2.26. The van der Waals surface area contributed by atoms with Crippen LogP contribution in [0, 0.1) is 6.92 Å². The molecule has 12 nitrogen and oxygen atoms in total. The zero-order chi connectivity index (χ0) is 25.1. The highest BCUT2D eigenvalue weighted by atomic mass is 16.5. The number of carbonyl (C=O) groups is 1. The van der Waals surface area contributed by atoms with E-state index in [0.29, 0.717) is 40.8 Å². The molecular weight excluding hydrogens is 460 g/mol. The molecule has 0 unspecified atom stereocenters. The fraction of sp³-hybridized carbons (Fsp3) is 0.167. The van der Waals surface area contributed by atoms with E-state index in [1.807, 2.05) is 50.2 Å². The van der Waals surface area contributed by atoms with Gasteiger partial charge in [-0.3, -0.25) is 9.78 Å². The minimum Gasteiger partial charge on any atom is -0.456 e. The molecule has 0 spiro atoms. The molecule has 12 heteroatoms. The lowest BCUT2D eigenvalue weighted by Gasteiger charge is -2.10. The van der Waals surface area contributed by atoms with Gasteiger partial charge in [0.1, 0.15) is 23.9 Å². The van der Waals surface area contributed by atoms with Gasteiger partial charge >= 0.3 is 0 Å². The number of carbonyl (C=O) groups excluding carboxylic acids is 1. The number of imidazole rings is 1. The van der Waals surface area contributed by atoms with Crippen molar-refractivity contribution in [2.45, 2.75) is 26.9 Å². The number of fused-ring (bicyclic) bond motifs is 1. The van der Waals surface area contributed by atoms with Crippen molar-refractivity contribution in [1.82, 2.24) is 34.3 Å². The molecule has 5 rings (SSSR count). The molecule has 0 aliphatic carbocycles. The second-order valence-corrected chi connectivity index (χ2v) is 7.95. The van der Waals surface area contributed by atoms with Crippen LogP contribution in [0.25, 0.3) is 11.2 Å². The molecule has 0 aliphatic rings. The monoisotopic (exact) mass is 484 g/mol. The topological polar surface area (TPSA) is 151 Å². The molecule has 0 saturated heterocycles. The number of pyridine rings is 1. The largest absolute Gasteiger partial charge is 0.456 e. The average Bonchev–Trinajstić information content (AvgIpc) is 3.43. The number of aromatic nitrogens is 7. The van der Waals surface area contributed by atoms with Crippen LogP contribution in [0.5, 0.6) is 11.5 Å². The van der Waals surface area contributed by atoms with Crippen LogP contribution in [0.2, 0.25) is 0 Å². The second kappa shape index (κ2) is 9.70. The third-order valence-corrected chi connectivity index (χ3v) is 5.25. The van der Waals surface area contributed by atoms with E-state index >= 15 is 0 Å². The quantitative estimate of drug-likeness (QED) is 0.300. The molecular formula is C24H24N10O2. The summed E-state index contributed by atoms with van der Waals surface area (Å²) in [6.45, 7) is 4.48. The van der Waals surface area contributed by atoms with Crippen LogP contribution in [0.15, 0.2) is 61.2 Å². The van der Waals surface area contributed by atoms with Crippen molar-refractivity contribution in [3.63, 3.8) is 0 Å². The lowest BCUT2D eigenvalue weighted by atomic mass is 10.3. The van der Waals surface area contributed by atoms with Gasteiger partial charge in [-0.25, -0.2) is 9.67 Å². The molecule has 4 heterocycles. The van der Waals surface area contributed by atoms with Crippen molar-refractivity contribution in [1.29, 1.82) is 0 Å². The Kier molecular flexibility index (Phi) is 6.14. The van der Waals surface area contributed by atoms with E-state index in [0.717, 1.165) is 11.4 Å². The van der Waals surface area contributed by atoms with Gasteiger partial charge in [0.05, 0.1) is 18.2 Å². The second-order valence-electron chi connectivity index (χ2n) is 7.95. The minimum absolute atomic E-state index is 0.000709. The molecule has 0 bridgehead atoms. The zero-order valence-corrected chi connectivity index (χ0v) is 19.7. The lowest BCUT2D eigenvalue weighted by Crippen LogP contribution is -2.20. The van der Waals surface area contributed by atoms with Crippen LogP contribution in [0.1, 0.15) is 12.6 Å². The van der Waals surface area contributed by atoms with Crippen LogP contribution in [0.4, 0.5) is 23.3 Å². The summed E-state index contributed by atoms with van der Waals surface area (Å²) in [5.41, 5.74) is 8.48. The van der Waals surface area contributed by atoms with Gasteiger partial charge in [0.15, 0.2) is 17.0 Å². The Balaban J connectivity index is 1.32. The summed E-state index contributed by atoms with van der Waals surface area (Å²) < 4.78 is 9.13. The Morgan fingerprint density at radius 1 is 1.14 bits per heavy atom. The molecule has 4 aromatic heterocycles. The maximum Gasteiger partial charge on any atom is 0.245 e. The number of hydrogen-bond acceptors (Lipinski definition) is 9. The molecule has 0 radical (unpaired) electrons. The first-order valence-electron chi connectivity index (χ1n) is 11.3. The van der Waals surface area contributed by atoms with E-state index in [1.54, 1.807) is 27.7 Å². The summed E-state index contributed by atoms with van der Waals surface area (Å²) in [5, 5.41) is 10.4. The summed E-state index contributed by atoms with van der Waals surface area (Å²) in [7, 11) is 0. The molecule has 4 N–H and O–H groups in total. The van der Waals surface area contributed by atoms with Gasteiger partial charge < -0.3 is 25.7 Å². The number of aryl methyl sites for hydroxylation is 2. The number of nitrogens with one attached hydrogen (secondary N) is 2. The Bertz CT molecular complexity index is 1510. The van der Waals surface area contributed by atoms with Crippen molar-refractivity contribution in [3.05, 3.63) is 66.9 Å². The number of rotatable bonds is 8. The molecule has 182 valence electrons. The first kappa shape index (κ1) is 22.8. The van der Waals surface area contributed by atoms with Gasteiger partial charge in [0, 0.05) is 24.5 Å². The number of hydrogen-bond donors (Lipinski definition) is 3. The van der Waals surface area contributed by atoms with Crippen LogP contribution < -0.4 is 21.1 Å². The van der Waals surface area contributed by atoms with Crippen LogP contribution in [-0.2, 0) is 17.9 Å². The highest BCUT2D eigenvalue weighted by molar-refractivity contribution is 5.92. The van der Waals surface area contributed by atoms with Gasteiger partial charge in [-0.1, -0.05) is 0 Å². The number of benzene rings is 1. The molecule has 1 amide bonds. The van der Waals surface area contributed by atoms with Crippen LogP contribution >= 0.6 is 0 Å². The standard InChI is InChI=1S/C24H24N10O2/c1-3-34-19(11-15(2)32-34)29-20(35)13-33-14-27-21-22(30-24(25)31-23(21)33)28-16-6-8-17(9-7-16)36-18-5-4-10-26-12-18/h4-12,14H,3,13H2,1-2H3,(H,29,35)(H3,25,28,30,31). The number of nitrogens with two attached hydrogens (primary N) is 1. The maximum atomic E-state index is 12.7.